The van der Waals surface area contributed by atoms with Crippen LogP contribution in [0.3, 0.4) is 0 Å². The van der Waals surface area contributed by atoms with Crippen molar-refractivity contribution in [2.24, 2.45) is 5.92 Å². The summed E-state index contributed by atoms with van der Waals surface area (Å²) < 4.78 is 5.64. The van der Waals surface area contributed by atoms with Gasteiger partial charge in [0, 0.05) is 12.6 Å². The van der Waals surface area contributed by atoms with Gasteiger partial charge in [0.05, 0.1) is 6.61 Å². The quantitative estimate of drug-likeness (QED) is 0.828. The van der Waals surface area contributed by atoms with Crippen LogP contribution in [-0.2, 0) is 0 Å². The molecule has 2 unspecified atom stereocenters. The molecule has 0 saturated carbocycles. The maximum atomic E-state index is 5.64. The minimum atomic E-state index is 0.497. The van der Waals surface area contributed by atoms with E-state index in [1.165, 1.54) is 25.1 Å². The lowest BCUT2D eigenvalue weighted by Gasteiger charge is -2.25. The number of nitrogens with zero attached hydrogens (tertiary/aromatic N) is 1. The number of ether oxygens (including phenoxy) is 1. The van der Waals surface area contributed by atoms with E-state index < -0.39 is 0 Å². The summed E-state index contributed by atoms with van der Waals surface area (Å²) in [7, 11) is 2.04. The van der Waals surface area contributed by atoms with Gasteiger partial charge >= 0.3 is 0 Å². The van der Waals surface area contributed by atoms with E-state index in [0.29, 0.717) is 6.04 Å². The Bertz CT molecular complexity index is 390. The predicted octanol–water partition coefficient (Wildman–Crippen LogP) is 3.08. The van der Waals surface area contributed by atoms with Gasteiger partial charge in [-0.1, -0.05) is 19.1 Å². The monoisotopic (exact) mass is 276 g/mol. The number of likely N-dealkylation sites (tertiary alicyclic amines) is 1. The van der Waals surface area contributed by atoms with Crippen LogP contribution < -0.4 is 10.1 Å². The van der Waals surface area contributed by atoms with Gasteiger partial charge in [0.1, 0.15) is 5.75 Å². The highest BCUT2D eigenvalue weighted by molar-refractivity contribution is 5.29. The van der Waals surface area contributed by atoms with Crippen molar-refractivity contribution in [2.45, 2.75) is 32.7 Å². The zero-order valence-corrected chi connectivity index (χ0v) is 13.1. The van der Waals surface area contributed by atoms with Crippen molar-refractivity contribution in [3.63, 3.8) is 0 Å². The second-order valence-electron chi connectivity index (χ2n) is 5.80. The Morgan fingerprint density at radius 3 is 2.75 bits per heavy atom. The van der Waals surface area contributed by atoms with E-state index in [2.05, 4.69) is 48.3 Å². The van der Waals surface area contributed by atoms with Gasteiger partial charge < -0.3 is 10.1 Å². The fraction of sp³-hybridized carbons (Fsp3) is 0.647. The van der Waals surface area contributed by atoms with Crippen molar-refractivity contribution >= 4 is 0 Å². The Hall–Kier alpha value is -1.06. The molecule has 3 nitrogen and oxygen atoms in total. The van der Waals surface area contributed by atoms with Gasteiger partial charge in [0.2, 0.25) is 0 Å². The van der Waals surface area contributed by atoms with Crippen LogP contribution in [-0.4, -0.2) is 38.2 Å². The molecule has 1 aliphatic rings. The zero-order valence-electron chi connectivity index (χ0n) is 13.1. The first kappa shape index (κ1) is 15.3. The molecule has 2 atom stereocenters. The first-order valence-electron chi connectivity index (χ1n) is 7.86. The molecule has 1 aromatic rings. The number of hydrogen-bond acceptors (Lipinski definition) is 3. The second kappa shape index (κ2) is 7.65. The summed E-state index contributed by atoms with van der Waals surface area (Å²) in [4.78, 5) is 2.59. The molecule has 0 bridgehead atoms. The van der Waals surface area contributed by atoms with Crippen molar-refractivity contribution in [1.82, 2.24) is 10.2 Å². The number of nitrogens with one attached hydrogen (secondary N) is 1. The minimum Gasteiger partial charge on any atom is -0.494 e. The Balaban J connectivity index is 1.90. The molecule has 20 heavy (non-hydrogen) atoms. The lowest BCUT2D eigenvalue weighted by atomic mass is 10.1. The smallest absolute Gasteiger partial charge is 0.119 e. The summed E-state index contributed by atoms with van der Waals surface area (Å²) in [6, 6.07) is 9.12. The lowest BCUT2D eigenvalue weighted by Crippen LogP contribution is -2.27. The van der Waals surface area contributed by atoms with E-state index in [1.54, 1.807) is 0 Å². The van der Waals surface area contributed by atoms with E-state index in [1.807, 2.05) is 7.05 Å². The Morgan fingerprint density at radius 2 is 2.10 bits per heavy atom. The van der Waals surface area contributed by atoms with Gasteiger partial charge in [-0.25, -0.2) is 0 Å². The lowest BCUT2D eigenvalue weighted by molar-refractivity contribution is 0.252. The van der Waals surface area contributed by atoms with Crippen molar-refractivity contribution in [2.75, 3.05) is 33.3 Å². The molecule has 0 aliphatic carbocycles. The summed E-state index contributed by atoms with van der Waals surface area (Å²) in [5, 5.41) is 3.29. The molecule has 1 aliphatic heterocycles. The average Bonchev–Trinajstić information content (AvgIpc) is 2.94. The van der Waals surface area contributed by atoms with Crippen LogP contribution in [0.4, 0.5) is 0 Å². The summed E-state index contributed by atoms with van der Waals surface area (Å²) >= 11 is 0. The molecule has 1 aromatic carbocycles. The van der Waals surface area contributed by atoms with Crippen molar-refractivity contribution in [3.8, 4) is 5.75 Å². The maximum Gasteiger partial charge on any atom is 0.119 e. The highest BCUT2D eigenvalue weighted by atomic mass is 16.5. The Morgan fingerprint density at radius 1 is 1.35 bits per heavy atom. The molecule has 1 fully saturated rings. The van der Waals surface area contributed by atoms with Crippen LogP contribution in [0.2, 0.25) is 0 Å². The SMILES string of the molecule is CCCOc1ccc(C(C)N2CCC(CNC)C2)cc1. The molecular weight excluding hydrogens is 248 g/mol. The minimum absolute atomic E-state index is 0.497. The highest BCUT2D eigenvalue weighted by Gasteiger charge is 2.26. The van der Waals surface area contributed by atoms with Crippen LogP contribution in [0.5, 0.6) is 5.75 Å². The summed E-state index contributed by atoms with van der Waals surface area (Å²) in [5.41, 5.74) is 1.39. The van der Waals surface area contributed by atoms with Gasteiger partial charge in [0.25, 0.3) is 0 Å². The van der Waals surface area contributed by atoms with Crippen LogP contribution in [0.15, 0.2) is 24.3 Å². The van der Waals surface area contributed by atoms with E-state index in [4.69, 9.17) is 4.74 Å². The molecule has 0 aromatic heterocycles. The second-order valence-corrected chi connectivity index (χ2v) is 5.80. The fourth-order valence-electron chi connectivity index (χ4n) is 2.94. The van der Waals surface area contributed by atoms with E-state index in [-0.39, 0.29) is 0 Å². The van der Waals surface area contributed by atoms with Crippen molar-refractivity contribution in [1.29, 1.82) is 0 Å². The van der Waals surface area contributed by atoms with E-state index >= 15 is 0 Å². The first-order valence-corrected chi connectivity index (χ1v) is 7.86. The number of hydrogen-bond donors (Lipinski definition) is 1. The summed E-state index contributed by atoms with van der Waals surface area (Å²) in [6.07, 6.45) is 2.36. The Labute approximate surface area is 123 Å². The summed E-state index contributed by atoms with van der Waals surface area (Å²) in [6.45, 7) is 8.78. The Kier molecular flexibility index (Phi) is 5.86. The van der Waals surface area contributed by atoms with E-state index in [9.17, 15) is 0 Å². The molecular formula is C17H28N2O. The molecule has 1 heterocycles. The largest absolute Gasteiger partial charge is 0.494 e. The number of benzene rings is 1. The predicted molar refractivity (Wildman–Crippen MR) is 84.2 cm³/mol. The molecule has 2 rings (SSSR count). The van der Waals surface area contributed by atoms with Crippen molar-refractivity contribution < 1.29 is 4.74 Å². The molecule has 1 N–H and O–H groups in total. The van der Waals surface area contributed by atoms with Gasteiger partial charge in [-0.15, -0.1) is 0 Å². The normalized spacial score (nSPS) is 21.1. The standard InChI is InChI=1S/C17H28N2O/c1-4-11-20-17-7-5-16(6-8-17)14(2)19-10-9-15(13-19)12-18-3/h5-8,14-15,18H,4,9-13H2,1-3H3. The highest BCUT2D eigenvalue weighted by Crippen LogP contribution is 2.28. The molecule has 112 valence electrons. The fourth-order valence-corrected chi connectivity index (χ4v) is 2.94. The third kappa shape index (κ3) is 3.97. The third-order valence-electron chi connectivity index (χ3n) is 4.19. The first-order chi connectivity index (χ1) is 9.74. The van der Waals surface area contributed by atoms with Crippen LogP contribution in [0, 0.1) is 5.92 Å². The molecule has 1 saturated heterocycles. The molecule has 0 amide bonds. The van der Waals surface area contributed by atoms with E-state index in [0.717, 1.165) is 31.2 Å². The third-order valence-corrected chi connectivity index (χ3v) is 4.19. The van der Waals surface area contributed by atoms with Crippen LogP contribution in [0.25, 0.3) is 0 Å². The van der Waals surface area contributed by atoms with Gasteiger partial charge in [0.15, 0.2) is 0 Å². The molecule has 3 heteroatoms. The molecule has 0 spiro atoms. The zero-order chi connectivity index (χ0) is 14.4. The van der Waals surface area contributed by atoms with Gasteiger partial charge in [-0.3, -0.25) is 4.90 Å². The van der Waals surface area contributed by atoms with Gasteiger partial charge in [-0.05, 0) is 63.5 Å². The van der Waals surface area contributed by atoms with Crippen LogP contribution in [0.1, 0.15) is 38.3 Å². The number of rotatable bonds is 7. The summed E-state index contributed by atoms with van der Waals surface area (Å²) in [5.74, 6) is 1.78. The molecule has 0 radical (unpaired) electrons. The van der Waals surface area contributed by atoms with Gasteiger partial charge in [-0.2, -0.15) is 0 Å². The topological polar surface area (TPSA) is 24.5 Å². The van der Waals surface area contributed by atoms with Crippen molar-refractivity contribution in [3.05, 3.63) is 29.8 Å². The maximum absolute atomic E-state index is 5.64. The average molecular weight is 276 g/mol. The van der Waals surface area contributed by atoms with Crippen LogP contribution >= 0.6 is 0 Å².